The second kappa shape index (κ2) is 9.72. The number of ether oxygens (including phenoxy) is 1. The second-order valence-corrected chi connectivity index (χ2v) is 9.95. The van der Waals surface area contributed by atoms with Crippen molar-refractivity contribution in [2.75, 3.05) is 7.11 Å². The van der Waals surface area contributed by atoms with Crippen molar-refractivity contribution in [3.8, 4) is 5.75 Å². The molecule has 2 aromatic carbocycles. The highest BCUT2D eigenvalue weighted by atomic mass is 16.5. The van der Waals surface area contributed by atoms with Gasteiger partial charge in [0.2, 0.25) is 5.91 Å². The van der Waals surface area contributed by atoms with Gasteiger partial charge in [0, 0.05) is 19.1 Å². The summed E-state index contributed by atoms with van der Waals surface area (Å²) in [5, 5.41) is 5.86. The van der Waals surface area contributed by atoms with Crippen molar-refractivity contribution in [1.29, 1.82) is 0 Å². The minimum Gasteiger partial charge on any atom is -0.497 e. The van der Waals surface area contributed by atoms with E-state index < -0.39 is 11.4 Å². The lowest BCUT2D eigenvalue weighted by Crippen LogP contribution is -2.64. The van der Waals surface area contributed by atoms with E-state index in [1.54, 1.807) is 23.5 Å². The number of nitrogens with one attached hydrogen (secondary N) is 2. The van der Waals surface area contributed by atoms with Crippen molar-refractivity contribution in [1.82, 2.24) is 25.1 Å². The van der Waals surface area contributed by atoms with Gasteiger partial charge in [0.25, 0.3) is 11.8 Å². The highest BCUT2D eigenvalue weighted by Gasteiger charge is 2.53. The highest BCUT2D eigenvalue weighted by molar-refractivity contribution is 6.07. The fourth-order valence-corrected chi connectivity index (χ4v) is 4.81. The van der Waals surface area contributed by atoms with E-state index in [0.717, 1.165) is 35.3 Å². The van der Waals surface area contributed by atoms with Crippen LogP contribution in [-0.2, 0) is 24.4 Å². The molecule has 9 nitrogen and oxygen atoms in total. The van der Waals surface area contributed by atoms with Crippen LogP contribution in [-0.4, -0.2) is 50.9 Å². The van der Waals surface area contributed by atoms with Gasteiger partial charge in [-0.1, -0.05) is 42.0 Å². The summed E-state index contributed by atoms with van der Waals surface area (Å²) in [6.45, 7) is 4.67. The van der Waals surface area contributed by atoms with Gasteiger partial charge in [-0.2, -0.15) is 0 Å². The Morgan fingerprint density at radius 2 is 1.65 bits per heavy atom. The number of carbonyl (C=O) groups excluding carboxylic acids is 3. The van der Waals surface area contributed by atoms with Crippen molar-refractivity contribution < 1.29 is 19.1 Å². The molecule has 0 radical (unpaired) electrons. The number of aromatic nitrogens is 2. The van der Waals surface area contributed by atoms with Crippen LogP contribution in [0, 0.1) is 6.92 Å². The maximum Gasteiger partial charge on any atom is 0.274 e. The Morgan fingerprint density at radius 3 is 2.27 bits per heavy atom. The van der Waals surface area contributed by atoms with E-state index in [4.69, 9.17) is 4.74 Å². The largest absolute Gasteiger partial charge is 0.497 e. The quantitative estimate of drug-likeness (QED) is 0.494. The third kappa shape index (κ3) is 4.81. The van der Waals surface area contributed by atoms with Gasteiger partial charge in [0.1, 0.15) is 17.0 Å². The summed E-state index contributed by atoms with van der Waals surface area (Å²) in [7, 11) is 1.60. The van der Waals surface area contributed by atoms with Gasteiger partial charge in [-0.25, -0.2) is 4.98 Å². The van der Waals surface area contributed by atoms with Gasteiger partial charge in [-0.3, -0.25) is 14.4 Å². The molecule has 37 heavy (non-hydrogen) atoms. The van der Waals surface area contributed by atoms with E-state index in [2.05, 4.69) is 15.6 Å². The van der Waals surface area contributed by atoms with Crippen molar-refractivity contribution in [3.63, 3.8) is 0 Å². The second-order valence-electron chi connectivity index (χ2n) is 9.95. The van der Waals surface area contributed by atoms with Crippen LogP contribution in [0.15, 0.2) is 54.9 Å². The third-order valence-electron chi connectivity index (χ3n) is 7.07. The van der Waals surface area contributed by atoms with Gasteiger partial charge in [0.15, 0.2) is 5.69 Å². The van der Waals surface area contributed by atoms with Crippen LogP contribution in [0.5, 0.6) is 5.75 Å². The zero-order valence-corrected chi connectivity index (χ0v) is 21.3. The van der Waals surface area contributed by atoms with Crippen LogP contribution in [0.3, 0.4) is 0 Å². The van der Waals surface area contributed by atoms with E-state index in [9.17, 15) is 14.4 Å². The minimum atomic E-state index is -1.10. The van der Waals surface area contributed by atoms with Crippen LogP contribution in [0.4, 0.5) is 0 Å². The molecule has 0 spiro atoms. The monoisotopic (exact) mass is 501 g/mol. The summed E-state index contributed by atoms with van der Waals surface area (Å²) < 4.78 is 6.82. The smallest absolute Gasteiger partial charge is 0.274 e. The summed E-state index contributed by atoms with van der Waals surface area (Å²) >= 11 is 0. The first kappa shape index (κ1) is 24.5. The van der Waals surface area contributed by atoms with Gasteiger partial charge in [-0.05, 0) is 49.9 Å². The van der Waals surface area contributed by atoms with Crippen LogP contribution >= 0.6 is 0 Å². The van der Waals surface area contributed by atoms with Crippen LogP contribution < -0.4 is 15.4 Å². The van der Waals surface area contributed by atoms with E-state index in [1.807, 2.05) is 55.5 Å². The van der Waals surface area contributed by atoms with Crippen LogP contribution in [0.1, 0.15) is 57.4 Å². The SMILES string of the molecule is COc1ccc(CNC(=O)C2(C)Cn3cnc(C(=O)NCc4ccc(C)cc4)c3C(=O)N2C2CC2)cc1. The Morgan fingerprint density at radius 1 is 1.03 bits per heavy atom. The summed E-state index contributed by atoms with van der Waals surface area (Å²) in [5.41, 5.74) is 2.23. The molecule has 1 aliphatic carbocycles. The number of hydrogen-bond donors (Lipinski definition) is 2. The van der Waals surface area contributed by atoms with Crippen LogP contribution in [0.25, 0.3) is 0 Å². The molecule has 9 heteroatoms. The number of amides is 3. The Bertz CT molecular complexity index is 1330. The lowest BCUT2D eigenvalue weighted by atomic mass is 9.93. The molecule has 3 aromatic rings. The Labute approximate surface area is 215 Å². The maximum absolute atomic E-state index is 13.8. The van der Waals surface area contributed by atoms with E-state index in [-0.39, 0.29) is 35.8 Å². The summed E-state index contributed by atoms with van der Waals surface area (Å²) in [6, 6.07) is 15.3. The van der Waals surface area contributed by atoms with Gasteiger partial charge in [-0.15, -0.1) is 0 Å². The number of rotatable bonds is 8. The Kier molecular flexibility index (Phi) is 6.45. The first-order valence-corrected chi connectivity index (χ1v) is 12.4. The molecule has 5 rings (SSSR count). The number of imidazole rings is 1. The van der Waals surface area contributed by atoms with Crippen LogP contribution in [0.2, 0.25) is 0 Å². The predicted octanol–water partition coefficient (Wildman–Crippen LogP) is 2.82. The highest BCUT2D eigenvalue weighted by Crippen LogP contribution is 2.38. The lowest BCUT2D eigenvalue weighted by molar-refractivity contribution is -0.133. The molecule has 1 atom stereocenters. The zero-order valence-electron chi connectivity index (χ0n) is 21.3. The average molecular weight is 502 g/mol. The number of benzene rings is 2. The van der Waals surface area contributed by atoms with Gasteiger partial charge >= 0.3 is 0 Å². The number of nitrogens with zero attached hydrogens (tertiary/aromatic N) is 3. The number of fused-ring (bicyclic) bond motifs is 1. The lowest BCUT2D eigenvalue weighted by Gasteiger charge is -2.44. The fourth-order valence-electron chi connectivity index (χ4n) is 4.81. The third-order valence-corrected chi connectivity index (χ3v) is 7.07. The number of aryl methyl sites for hydroxylation is 1. The van der Waals surface area contributed by atoms with Crippen molar-refractivity contribution in [3.05, 3.63) is 82.9 Å². The minimum absolute atomic E-state index is 0.0312. The topological polar surface area (TPSA) is 106 Å². The van der Waals surface area contributed by atoms with E-state index in [1.165, 1.54) is 6.33 Å². The fraction of sp³-hybridized carbons (Fsp3) is 0.357. The van der Waals surface area contributed by atoms with E-state index >= 15 is 0 Å². The molecular formula is C28H31N5O4. The average Bonchev–Trinajstić information content (AvgIpc) is 3.64. The van der Waals surface area contributed by atoms with E-state index in [0.29, 0.717) is 13.1 Å². The molecule has 1 aromatic heterocycles. The number of carbonyl (C=O) groups is 3. The molecule has 1 saturated carbocycles. The maximum atomic E-state index is 13.8. The molecule has 2 heterocycles. The number of methoxy groups -OCH3 is 1. The van der Waals surface area contributed by atoms with Gasteiger partial charge in [0.05, 0.1) is 20.0 Å². The Hall–Kier alpha value is -4.14. The molecule has 1 unspecified atom stereocenters. The number of hydrogen-bond acceptors (Lipinski definition) is 5. The first-order chi connectivity index (χ1) is 17.8. The summed E-state index contributed by atoms with van der Waals surface area (Å²) in [6.07, 6.45) is 3.14. The molecule has 2 N–H and O–H groups in total. The normalized spacial score (nSPS) is 18.8. The molecule has 3 amide bonds. The molecule has 192 valence electrons. The molecule has 1 fully saturated rings. The molecule has 0 saturated heterocycles. The summed E-state index contributed by atoms with van der Waals surface area (Å²) in [5.74, 6) is -0.251. The molecule has 1 aliphatic heterocycles. The summed E-state index contributed by atoms with van der Waals surface area (Å²) in [4.78, 5) is 46.2. The van der Waals surface area contributed by atoms with Crippen molar-refractivity contribution in [2.45, 2.75) is 57.9 Å². The first-order valence-electron chi connectivity index (χ1n) is 12.4. The van der Waals surface area contributed by atoms with Crippen molar-refractivity contribution in [2.24, 2.45) is 0 Å². The molecule has 0 bridgehead atoms. The Balaban J connectivity index is 1.33. The molecule has 2 aliphatic rings. The molecular weight excluding hydrogens is 470 g/mol. The zero-order chi connectivity index (χ0) is 26.2. The van der Waals surface area contributed by atoms with Crippen molar-refractivity contribution >= 4 is 17.7 Å². The standard InChI is InChI=1S/C28H31N5O4/c1-18-4-6-19(7-5-18)14-29-25(34)23-24-26(35)33(21-10-11-21)28(2,16-32(24)17-31-23)27(36)30-15-20-8-12-22(37-3)13-9-20/h4-9,12-13,17,21H,10-11,14-16H2,1-3H3,(H,29,34)(H,30,36). The van der Waals surface area contributed by atoms with Gasteiger partial charge < -0.3 is 24.8 Å². The predicted molar refractivity (Wildman–Crippen MR) is 137 cm³/mol.